The summed E-state index contributed by atoms with van der Waals surface area (Å²) in [5.74, 6) is 4.28. The Morgan fingerprint density at radius 3 is 2.35 bits per heavy atom. The van der Waals surface area contributed by atoms with Crippen molar-refractivity contribution in [1.82, 2.24) is 5.32 Å². The maximum atomic E-state index is 12.4. The maximum Gasteiger partial charge on any atom is 0.262 e. The normalized spacial score (nSPS) is 28.5. The molecule has 5 heteroatoms. The number of halogens is 1. The van der Waals surface area contributed by atoms with Gasteiger partial charge in [-0.3, -0.25) is 4.79 Å². The number of benzene rings is 2. The summed E-state index contributed by atoms with van der Waals surface area (Å²) in [4.78, 5) is 12.4. The lowest BCUT2D eigenvalue weighted by Crippen LogP contribution is -2.54. The van der Waals surface area contributed by atoms with E-state index in [9.17, 15) is 4.79 Å². The molecule has 2 aromatic carbocycles. The van der Waals surface area contributed by atoms with Gasteiger partial charge in [-0.15, -0.1) is 0 Å². The van der Waals surface area contributed by atoms with Crippen molar-refractivity contribution >= 4 is 27.5 Å². The molecule has 0 unspecified atom stereocenters. The zero-order valence-electron chi connectivity index (χ0n) is 18.1. The first-order valence-electron chi connectivity index (χ1n) is 11.5. The molecular formula is C26H31BrN2O2. The third-order valence-electron chi connectivity index (χ3n) is 7.47. The van der Waals surface area contributed by atoms with Crippen LogP contribution in [0.1, 0.15) is 43.2 Å². The minimum atomic E-state index is -0.147. The van der Waals surface area contributed by atoms with Crippen LogP contribution in [-0.4, -0.2) is 18.6 Å². The smallest absolute Gasteiger partial charge is 0.262 e. The molecular weight excluding hydrogens is 452 g/mol. The molecule has 1 amide bonds. The number of nitrogens with one attached hydrogen (secondary N) is 2. The number of ether oxygens (including phenoxy) is 1. The Morgan fingerprint density at radius 1 is 1.00 bits per heavy atom. The van der Waals surface area contributed by atoms with E-state index < -0.39 is 0 Å². The number of amides is 1. The number of carbonyl (C=O) groups is 1. The molecule has 4 bridgehead atoms. The number of rotatable bonds is 7. The lowest BCUT2D eigenvalue weighted by molar-refractivity contribution is -0.118. The van der Waals surface area contributed by atoms with Gasteiger partial charge in [0.05, 0.1) is 0 Å². The fourth-order valence-corrected chi connectivity index (χ4v) is 6.70. The predicted octanol–water partition coefficient (Wildman–Crippen LogP) is 5.69. The Bertz CT molecular complexity index is 915. The van der Waals surface area contributed by atoms with Gasteiger partial charge in [0, 0.05) is 28.3 Å². The molecule has 4 saturated carbocycles. The second-order valence-corrected chi connectivity index (χ2v) is 10.7. The number of carbonyl (C=O) groups excluding carboxylic acids is 1. The van der Waals surface area contributed by atoms with Gasteiger partial charge in [-0.05, 0) is 93.0 Å². The lowest BCUT2D eigenvalue weighted by atomic mass is 9.54. The quantitative estimate of drug-likeness (QED) is 0.532. The van der Waals surface area contributed by atoms with Crippen LogP contribution in [0, 0.1) is 30.6 Å². The first-order valence-corrected chi connectivity index (χ1v) is 12.3. The van der Waals surface area contributed by atoms with E-state index in [4.69, 9.17) is 4.74 Å². The maximum absolute atomic E-state index is 12.4. The fraction of sp³-hybridized carbons (Fsp3) is 0.500. The lowest BCUT2D eigenvalue weighted by Gasteiger charge is -2.54. The second-order valence-electron chi connectivity index (χ2n) is 9.79. The van der Waals surface area contributed by atoms with Crippen molar-refractivity contribution < 1.29 is 9.53 Å². The summed E-state index contributed by atoms with van der Waals surface area (Å²) in [6.45, 7) is 2.81. The van der Waals surface area contributed by atoms with Crippen LogP contribution in [0.15, 0.2) is 46.9 Å². The van der Waals surface area contributed by atoms with Gasteiger partial charge in [0.25, 0.3) is 5.91 Å². The molecule has 4 nitrogen and oxygen atoms in total. The van der Waals surface area contributed by atoms with Crippen molar-refractivity contribution in [2.24, 2.45) is 23.7 Å². The van der Waals surface area contributed by atoms with Gasteiger partial charge < -0.3 is 15.4 Å². The molecule has 0 aromatic heterocycles. The van der Waals surface area contributed by atoms with Crippen molar-refractivity contribution in [3.8, 4) is 5.75 Å². The van der Waals surface area contributed by atoms with Gasteiger partial charge >= 0.3 is 0 Å². The molecule has 0 spiro atoms. The highest BCUT2D eigenvalue weighted by atomic mass is 79.9. The number of hydrogen-bond donors (Lipinski definition) is 2. The molecule has 2 aromatic rings. The highest BCUT2D eigenvalue weighted by Crippen LogP contribution is 2.53. The average Bonchev–Trinajstić information content (AvgIpc) is 2.74. The summed E-state index contributed by atoms with van der Waals surface area (Å²) in [6, 6.07) is 14.5. The third kappa shape index (κ3) is 4.83. The van der Waals surface area contributed by atoms with Crippen LogP contribution in [0.5, 0.6) is 5.75 Å². The minimum Gasteiger partial charge on any atom is -0.483 e. The summed E-state index contributed by atoms with van der Waals surface area (Å²) in [7, 11) is 0. The van der Waals surface area contributed by atoms with Gasteiger partial charge in [0.1, 0.15) is 5.75 Å². The molecule has 0 heterocycles. The first kappa shape index (κ1) is 21.0. The number of aryl methyl sites for hydroxylation is 1. The first-order chi connectivity index (χ1) is 15.0. The number of anilines is 1. The predicted molar refractivity (Wildman–Crippen MR) is 127 cm³/mol. The van der Waals surface area contributed by atoms with E-state index in [1.807, 2.05) is 43.3 Å². The summed E-state index contributed by atoms with van der Waals surface area (Å²) < 4.78 is 6.97. The van der Waals surface area contributed by atoms with Crippen LogP contribution in [0.2, 0.25) is 0 Å². The van der Waals surface area contributed by atoms with Gasteiger partial charge in [-0.2, -0.15) is 0 Å². The van der Waals surface area contributed by atoms with Gasteiger partial charge in [0.15, 0.2) is 6.61 Å². The van der Waals surface area contributed by atoms with E-state index in [2.05, 4.69) is 32.6 Å². The Hall–Kier alpha value is -1.85. The fourth-order valence-electron chi connectivity index (χ4n) is 6.29. The van der Waals surface area contributed by atoms with Gasteiger partial charge in [-0.1, -0.05) is 33.6 Å². The Labute approximate surface area is 193 Å². The summed E-state index contributed by atoms with van der Waals surface area (Å²) >= 11 is 3.59. The molecule has 0 radical (unpaired) electrons. The van der Waals surface area contributed by atoms with E-state index in [0.29, 0.717) is 6.04 Å². The van der Waals surface area contributed by atoms with Crippen molar-refractivity contribution in [1.29, 1.82) is 0 Å². The van der Waals surface area contributed by atoms with Gasteiger partial charge in [0.2, 0.25) is 0 Å². The average molecular weight is 483 g/mol. The van der Waals surface area contributed by atoms with E-state index in [-0.39, 0.29) is 12.5 Å². The minimum absolute atomic E-state index is 0.000543. The van der Waals surface area contributed by atoms with E-state index in [1.165, 1.54) is 37.7 Å². The van der Waals surface area contributed by atoms with Crippen LogP contribution >= 0.6 is 15.9 Å². The van der Waals surface area contributed by atoms with Gasteiger partial charge in [-0.25, -0.2) is 0 Å². The summed E-state index contributed by atoms with van der Waals surface area (Å²) in [5.41, 5.74) is 3.06. The van der Waals surface area contributed by atoms with Crippen LogP contribution in [-0.2, 0) is 11.3 Å². The van der Waals surface area contributed by atoms with Crippen molar-refractivity contribution in [3.63, 3.8) is 0 Å². The summed E-state index contributed by atoms with van der Waals surface area (Å²) in [6.07, 6.45) is 7.11. The van der Waals surface area contributed by atoms with E-state index in [0.717, 1.165) is 51.7 Å². The zero-order valence-corrected chi connectivity index (χ0v) is 19.7. The molecule has 164 valence electrons. The second kappa shape index (κ2) is 8.95. The Kier molecular flexibility index (Phi) is 6.07. The SMILES string of the molecule is Cc1ccc(NC(=O)COc2ccc(Br)cc2CNC2C3CC4CC(C3)CC2C4)cc1. The molecule has 0 atom stereocenters. The topological polar surface area (TPSA) is 50.4 Å². The molecule has 0 aliphatic heterocycles. The van der Waals surface area contributed by atoms with Crippen molar-refractivity contribution in [3.05, 3.63) is 58.1 Å². The standard InChI is InChI=1S/C26H31BrN2O2/c1-16-2-5-23(6-3-16)29-25(30)15-31-24-7-4-22(27)13-21(24)14-28-26-19-9-17-8-18(11-19)12-20(26)10-17/h2-7,13,17-20,26,28H,8-12,14-15H2,1H3,(H,29,30). The van der Waals surface area contributed by atoms with Crippen LogP contribution in [0.25, 0.3) is 0 Å². The molecule has 6 rings (SSSR count). The highest BCUT2D eigenvalue weighted by Gasteiger charge is 2.47. The van der Waals surface area contributed by atoms with Crippen LogP contribution < -0.4 is 15.4 Å². The molecule has 4 aliphatic carbocycles. The van der Waals surface area contributed by atoms with Crippen LogP contribution in [0.3, 0.4) is 0 Å². The molecule has 0 saturated heterocycles. The molecule has 31 heavy (non-hydrogen) atoms. The largest absolute Gasteiger partial charge is 0.483 e. The molecule has 2 N–H and O–H groups in total. The highest BCUT2D eigenvalue weighted by molar-refractivity contribution is 9.10. The van der Waals surface area contributed by atoms with E-state index in [1.54, 1.807) is 0 Å². The Morgan fingerprint density at radius 2 is 1.68 bits per heavy atom. The monoisotopic (exact) mass is 482 g/mol. The zero-order chi connectivity index (χ0) is 21.4. The number of hydrogen-bond acceptors (Lipinski definition) is 3. The van der Waals surface area contributed by atoms with Crippen LogP contribution in [0.4, 0.5) is 5.69 Å². The van der Waals surface area contributed by atoms with E-state index >= 15 is 0 Å². The van der Waals surface area contributed by atoms with Crippen molar-refractivity contribution in [2.45, 2.75) is 51.6 Å². The molecule has 4 aliphatic rings. The third-order valence-corrected chi connectivity index (χ3v) is 7.96. The summed E-state index contributed by atoms with van der Waals surface area (Å²) in [5, 5.41) is 6.78. The Balaban J connectivity index is 1.19. The molecule has 4 fully saturated rings. The van der Waals surface area contributed by atoms with Crippen molar-refractivity contribution in [2.75, 3.05) is 11.9 Å².